The molecule has 0 aliphatic heterocycles. The van der Waals surface area contributed by atoms with Crippen LogP contribution in [0, 0.1) is 6.92 Å². The SMILES string of the molecule is CCC(C)c1ccc(C(Br)c2ccc(C)c(Br)c2)cc1. The number of halogens is 2. The first-order valence-electron chi connectivity index (χ1n) is 7.03. The van der Waals surface area contributed by atoms with Crippen molar-refractivity contribution in [3.05, 3.63) is 69.2 Å². The van der Waals surface area contributed by atoms with E-state index in [0.29, 0.717) is 5.92 Å². The van der Waals surface area contributed by atoms with E-state index in [9.17, 15) is 0 Å². The molecule has 0 saturated carbocycles. The first-order valence-corrected chi connectivity index (χ1v) is 8.73. The van der Waals surface area contributed by atoms with Gasteiger partial charge in [-0.25, -0.2) is 0 Å². The van der Waals surface area contributed by atoms with E-state index in [-0.39, 0.29) is 4.83 Å². The van der Waals surface area contributed by atoms with Crippen molar-refractivity contribution in [2.45, 2.75) is 37.9 Å². The second-order valence-electron chi connectivity index (χ2n) is 5.35. The van der Waals surface area contributed by atoms with Crippen molar-refractivity contribution in [1.29, 1.82) is 0 Å². The molecule has 2 unspecified atom stereocenters. The van der Waals surface area contributed by atoms with Crippen molar-refractivity contribution in [2.24, 2.45) is 0 Å². The average molecular weight is 396 g/mol. The van der Waals surface area contributed by atoms with Gasteiger partial charge in [0.25, 0.3) is 0 Å². The standard InChI is InChI=1S/C18H20Br2/c1-4-12(2)14-7-9-15(10-8-14)18(20)16-6-5-13(3)17(19)11-16/h5-12,18H,4H2,1-3H3. The quantitative estimate of drug-likeness (QED) is 0.502. The Bertz CT molecular complexity index is 572. The maximum Gasteiger partial charge on any atom is 0.0645 e. The van der Waals surface area contributed by atoms with Gasteiger partial charge in [-0.05, 0) is 47.6 Å². The third-order valence-electron chi connectivity index (χ3n) is 3.90. The zero-order valence-corrected chi connectivity index (χ0v) is 15.3. The predicted molar refractivity (Wildman–Crippen MR) is 94.8 cm³/mol. The van der Waals surface area contributed by atoms with Crippen LogP contribution in [0.15, 0.2) is 46.9 Å². The van der Waals surface area contributed by atoms with E-state index in [1.54, 1.807) is 0 Å². The lowest BCUT2D eigenvalue weighted by atomic mass is 9.96. The number of benzene rings is 2. The molecule has 0 saturated heterocycles. The van der Waals surface area contributed by atoms with Crippen LogP contribution in [-0.2, 0) is 0 Å². The monoisotopic (exact) mass is 394 g/mol. The number of hydrogen-bond donors (Lipinski definition) is 0. The first-order chi connectivity index (χ1) is 9.52. The van der Waals surface area contributed by atoms with Gasteiger partial charge >= 0.3 is 0 Å². The lowest BCUT2D eigenvalue weighted by molar-refractivity contribution is 0.733. The molecule has 0 fully saturated rings. The summed E-state index contributed by atoms with van der Waals surface area (Å²) >= 11 is 7.42. The molecule has 0 aromatic heterocycles. The zero-order valence-electron chi connectivity index (χ0n) is 12.2. The number of hydrogen-bond acceptors (Lipinski definition) is 0. The summed E-state index contributed by atoms with van der Waals surface area (Å²) in [4.78, 5) is 0.241. The van der Waals surface area contributed by atoms with Crippen molar-refractivity contribution < 1.29 is 0 Å². The van der Waals surface area contributed by atoms with Crippen LogP contribution < -0.4 is 0 Å². The fourth-order valence-electron chi connectivity index (χ4n) is 2.19. The normalized spacial score (nSPS) is 14.1. The molecule has 0 amide bonds. The predicted octanol–water partition coefficient (Wildman–Crippen LogP) is 6.76. The molecule has 0 spiro atoms. The van der Waals surface area contributed by atoms with Crippen molar-refractivity contribution in [3.63, 3.8) is 0 Å². The molecule has 0 heterocycles. The molecule has 2 aromatic carbocycles. The summed E-state index contributed by atoms with van der Waals surface area (Å²) < 4.78 is 1.16. The second-order valence-corrected chi connectivity index (χ2v) is 7.12. The van der Waals surface area contributed by atoms with Crippen LogP contribution >= 0.6 is 31.9 Å². The summed E-state index contributed by atoms with van der Waals surface area (Å²) in [6.45, 7) is 6.62. The van der Waals surface area contributed by atoms with E-state index in [2.05, 4.69) is 95.1 Å². The van der Waals surface area contributed by atoms with Crippen molar-refractivity contribution in [2.75, 3.05) is 0 Å². The van der Waals surface area contributed by atoms with Crippen LogP contribution in [-0.4, -0.2) is 0 Å². The van der Waals surface area contributed by atoms with Gasteiger partial charge in [0, 0.05) is 4.47 Å². The Hall–Kier alpha value is -0.600. The molecule has 0 bridgehead atoms. The zero-order chi connectivity index (χ0) is 14.7. The summed E-state index contributed by atoms with van der Waals surface area (Å²) in [7, 11) is 0. The number of alkyl halides is 1. The minimum Gasteiger partial charge on any atom is -0.0786 e. The molecule has 2 aromatic rings. The van der Waals surface area contributed by atoms with E-state index >= 15 is 0 Å². The third-order valence-corrected chi connectivity index (χ3v) is 5.81. The lowest BCUT2D eigenvalue weighted by Gasteiger charge is -2.14. The van der Waals surface area contributed by atoms with Gasteiger partial charge in [0.2, 0.25) is 0 Å². The van der Waals surface area contributed by atoms with Crippen LogP contribution in [0.25, 0.3) is 0 Å². The topological polar surface area (TPSA) is 0 Å². The highest BCUT2D eigenvalue weighted by molar-refractivity contribution is 9.10. The summed E-state index contributed by atoms with van der Waals surface area (Å²) in [6.07, 6.45) is 1.18. The summed E-state index contributed by atoms with van der Waals surface area (Å²) in [5, 5.41) is 0. The molecule has 0 nitrogen and oxygen atoms in total. The maximum absolute atomic E-state index is 3.81. The van der Waals surface area contributed by atoms with Crippen molar-refractivity contribution >= 4 is 31.9 Å². The van der Waals surface area contributed by atoms with Crippen LogP contribution in [0.4, 0.5) is 0 Å². The Morgan fingerprint density at radius 2 is 1.50 bits per heavy atom. The Kier molecular flexibility index (Phi) is 5.45. The highest BCUT2D eigenvalue weighted by Crippen LogP contribution is 2.33. The minimum atomic E-state index is 0.241. The molecule has 2 atom stereocenters. The van der Waals surface area contributed by atoms with E-state index in [4.69, 9.17) is 0 Å². The first kappa shape index (κ1) is 15.8. The third kappa shape index (κ3) is 3.53. The van der Waals surface area contributed by atoms with E-state index in [1.807, 2.05) is 0 Å². The summed E-state index contributed by atoms with van der Waals surface area (Å²) in [5.41, 5.74) is 5.26. The van der Waals surface area contributed by atoms with Gasteiger partial charge in [0.15, 0.2) is 0 Å². The van der Waals surface area contributed by atoms with Crippen molar-refractivity contribution in [1.82, 2.24) is 0 Å². The second kappa shape index (κ2) is 6.91. The molecule has 0 aliphatic rings. The summed E-state index contributed by atoms with van der Waals surface area (Å²) in [6, 6.07) is 15.5. The van der Waals surface area contributed by atoms with Gasteiger partial charge < -0.3 is 0 Å². The molecule has 20 heavy (non-hydrogen) atoms. The maximum atomic E-state index is 3.81. The molecule has 2 rings (SSSR count). The van der Waals surface area contributed by atoms with E-state index in [0.717, 1.165) is 4.47 Å². The number of aryl methyl sites for hydroxylation is 1. The van der Waals surface area contributed by atoms with Gasteiger partial charge in [0.05, 0.1) is 4.83 Å². The fraction of sp³-hybridized carbons (Fsp3) is 0.333. The molecule has 0 N–H and O–H groups in total. The molecule has 2 heteroatoms. The average Bonchev–Trinajstić information content (AvgIpc) is 2.48. The molecule has 0 aliphatic carbocycles. The van der Waals surface area contributed by atoms with Crippen molar-refractivity contribution in [3.8, 4) is 0 Å². The Labute approximate surface area is 138 Å². The molecule has 0 radical (unpaired) electrons. The highest BCUT2D eigenvalue weighted by Gasteiger charge is 2.12. The van der Waals surface area contributed by atoms with Gasteiger partial charge in [-0.15, -0.1) is 0 Å². The van der Waals surface area contributed by atoms with Crippen LogP contribution in [0.2, 0.25) is 0 Å². The van der Waals surface area contributed by atoms with E-state index < -0.39 is 0 Å². The Balaban J connectivity index is 2.24. The van der Waals surface area contributed by atoms with E-state index in [1.165, 1.54) is 28.7 Å². The largest absolute Gasteiger partial charge is 0.0786 e. The van der Waals surface area contributed by atoms with Gasteiger partial charge in [-0.2, -0.15) is 0 Å². The summed E-state index contributed by atoms with van der Waals surface area (Å²) in [5.74, 6) is 0.631. The lowest BCUT2D eigenvalue weighted by Crippen LogP contribution is -1.96. The molecule has 106 valence electrons. The van der Waals surface area contributed by atoms with Crippen LogP contribution in [0.1, 0.15) is 53.3 Å². The van der Waals surface area contributed by atoms with Crippen LogP contribution in [0.3, 0.4) is 0 Å². The Morgan fingerprint density at radius 1 is 0.950 bits per heavy atom. The highest BCUT2D eigenvalue weighted by atomic mass is 79.9. The Morgan fingerprint density at radius 3 is 2.05 bits per heavy atom. The fourth-order valence-corrected chi connectivity index (χ4v) is 3.17. The molecular weight excluding hydrogens is 376 g/mol. The van der Waals surface area contributed by atoms with Gasteiger partial charge in [0.1, 0.15) is 0 Å². The van der Waals surface area contributed by atoms with Gasteiger partial charge in [-0.1, -0.05) is 82.1 Å². The van der Waals surface area contributed by atoms with Crippen LogP contribution in [0.5, 0.6) is 0 Å². The number of rotatable bonds is 4. The van der Waals surface area contributed by atoms with Gasteiger partial charge in [-0.3, -0.25) is 0 Å². The molecular formula is C18H20Br2. The smallest absolute Gasteiger partial charge is 0.0645 e. The minimum absolute atomic E-state index is 0.241.